The van der Waals surface area contributed by atoms with E-state index >= 15 is 0 Å². The molecule has 1 aromatic heterocycles. The van der Waals surface area contributed by atoms with Crippen LogP contribution in [-0.4, -0.2) is 24.3 Å². The molecule has 3 aromatic carbocycles. The Morgan fingerprint density at radius 2 is 1.53 bits per heavy atom. The standard InChI is InChI=1S/C21H15FN4O3S/c22-17-6-2-1-5-16(17)21(27)24-14-9-11-15(12-10-14)30(28,29)26-20-13-23-18-7-3-4-8-19(18)25-20/h1-13H,(H,24,27)(H,25,26). The minimum atomic E-state index is -3.91. The summed E-state index contributed by atoms with van der Waals surface area (Å²) in [5.41, 5.74) is 1.43. The van der Waals surface area contributed by atoms with Crippen molar-refractivity contribution in [3.8, 4) is 0 Å². The van der Waals surface area contributed by atoms with Crippen molar-refractivity contribution in [2.24, 2.45) is 0 Å². The Bertz CT molecular complexity index is 1340. The second-order valence-corrected chi connectivity index (χ2v) is 7.99. The summed E-state index contributed by atoms with van der Waals surface area (Å²) in [5.74, 6) is -1.19. The van der Waals surface area contributed by atoms with E-state index in [1.165, 1.54) is 48.7 Å². The number of anilines is 2. The minimum absolute atomic E-state index is 0.0265. The Morgan fingerprint density at radius 3 is 2.27 bits per heavy atom. The maximum absolute atomic E-state index is 13.7. The summed E-state index contributed by atoms with van der Waals surface area (Å²) < 4.78 is 41.3. The van der Waals surface area contributed by atoms with Crippen LogP contribution in [-0.2, 0) is 10.0 Å². The van der Waals surface area contributed by atoms with Gasteiger partial charge >= 0.3 is 0 Å². The molecule has 0 aliphatic heterocycles. The van der Waals surface area contributed by atoms with Crippen LogP contribution < -0.4 is 10.0 Å². The average Bonchev–Trinajstić information content (AvgIpc) is 2.74. The lowest BCUT2D eigenvalue weighted by Gasteiger charge is -2.09. The third kappa shape index (κ3) is 4.11. The van der Waals surface area contributed by atoms with Crippen molar-refractivity contribution in [3.05, 3.63) is 90.4 Å². The molecule has 0 bridgehead atoms. The Morgan fingerprint density at radius 1 is 0.867 bits per heavy atom. The van der Waals surface area contributed by atoms with Gasteiger partial charge in [-0.2, -0.15) is 0 Å². The van der Waals surface area contributed by atoms with Gasteiger partial charge in [0.15, 0.2) is 5.82 Å². The zero-order valence-corrected chi connectivity index (χ0v) is 16.2. The number of amides is 1. The number of nitrogens with one attached hydrogen (secondary N) is 2. The number of nitrogens with zero attached hydrogens (tertiary/aromatic N) is 2. The van der Waals surface area contributed by atoms with Crippen LogP contribution in [0.4, 0.5) is 15.9 Å². The van der Waals surface area contributed by atoms with Crippen LogP contribution in [0, 0.1) is 5.82 Å². The van der Waals surface area contributed by atoms with E-state index in [1.54, 1.807) is 24.3 Å². The summed E-state index contributed by atoms with van der Waals surface area (Å²) in [6, 6.07) is 18.2. The van der Waals surface area contributed by atoms with Crippen LogP contribution in [0.15, 0.2) is 83.9 Å². The molecule has 4 rings (SSSR count). The Balaban J connectivity index is 1.50. The average molecular weight is 422 g/mol. The van der Waals surface area contributed by atoms with E-state index in [2.05, 4.69) is 20.0 Å². The van der Waals surface area contributed by atoms with Gasteiger partial charge in [0, 0.05) is 5.69 Å². The van der Waals surface area contributed by atoms with Gasteiger partial charge < -0.3 is 5.32 Å². The number of hydrogen-bond donors (Lipinski definition) is 2. The SMILES string of the molecule is O=C(Nc1ccc(S(=O)(=O)Nc2cnc3ccccc3n2)cc1)c1ccccc1F. The summed E-state index contributed by atoms with van der Waals surface area (Å²) in [7, 11) is -3.91. The van der Waals surface area contributed by atoms with Gasteiger partial charge in [-0.15, -0.1) is 0 Å². The Labute approximate surface area is 171 Å². The second-order valence-electron chi connectivity index (χ2n) is 6.31. The highest BCUT2D eigenvalue weighted by molar-refractivity contribution is 7.92. The highest BCUT2D eigenvalue weighted by atomic mass is 32.2. The van der Waals surface area contributed by atoms with Crippen molar-refractivity contribution in [1.82, 2.24) is 9.97 Å². The van der Waals surface area contributed by atoms with Crippen LogP contribution >= 0.6 is 0 Å². The fourth-order valence-electron chi connectivity index (χ4n) is 2.76. The van der Waals surface area contributed by atoms with Gasteiger partial charge in [0.1, 0.15) is 5.82 Å². The first-order chi connectivity index (χ1) is 14.4. The van der Waals surface area contributed by atoms with Crippen molar-refractivity contribution < 1.29 is 17.6 Å². The molecular weight excluding hydrogens is 407 g/mol. The van der Waals surface area contributed by atoms with Gasteiger partial charge in [-0.05, 0) is 48.5 Å². The summed E-state index contributed by atoms with van der Waals surface area (Å²) in [6.45, 7) is 0. The lowest BCUT2D eigenvalue weighted by Crippen LogP contribution is -2.15. The van der Waals surface area contributed by atoms with E-state index in [0.717, 1.165) is 0 Å². The van der Waals surface area contributed by atoms with Crippen LogP contribution in [0.5, 0.6) is 0 Å². The molecule has 2 N–H and O–H groups in total. The number of carbonyl (C=O) groups excluding carboxylic acids is 1. The Kier molecular flexibility index (Phi) is 5.11. The molecule has 0 aliphatic carbocycles. The molecule has 0 saturated heterocycles. The third-order valence-electron chi connectivity index (χ3n) is 4.23. The van der Waals surface area contributed by atoms with Gasteiger partial charge in [-0.1, -0.05) is 24.3 Å². The number of halogens is 1. The molecule has 0 aliphatic rings. The molecule has 0 unspecified atom stereocenters. The molecule has 150 valence electrons. The molecule has 9 heteroatoms. The number of hydrogen-bond acceptors (Lipinski definition) is 5. The number of fused-ring (bicyclic) bond motifs is 1. The van der Waals surface area contributed by atoms with E-state index in [1.807, 2.05) is 6.07 Å². The number of benzene rings is 3. The van der Waals surface area contributed by atoms with Crippen LogP contribution in [0.1, 0.15) is 10.4 Å². The highest BCUT2D eigenvalue weighted by Gasteiger charge is 2.16. The maximum atomic E-state index is 13.7. The molecule has 7 nitrogen and oxygen atoms in total. The molecule has 0 fully saturated rings. The quantitative estimate of drug-likeness (QED) is 0.509. The molecule has 30 heavy (non-hydrogen) atoms. The minimum Gasteiger partial charge on any atom is -0.322 e. The van der Waals surface area contributed by atoms with Gasteiger partial charge in [-0.25, -0.2) is 17.8 Å². The first kappa shape index (κ1) is 19.5. The third-order valence-corrected chi connectivity index (χ3v) is 5.60. The molecule has 0 spiro atoms. The number of carbonyl (C=O) groups is 1. The van der Waals surface area contributed by atoms with Gasteiger partial charge in [0.05, 0.1) is 27.7 Å². The van der Waals surface area contributed by atoms with E-state index < -0.39 is 21.7 Å². The smallest absolute Gasteiger partial charge is 0.263 e. The van der Waals surface area contributed by atoms with Crippen LogP contribution in [0.3, 0.4) is 0 Å². The summed E-state index contributed by atoms with van der Waals surface area (Å²) >= 11 is 0. The zero-order valence-electron chi connectivity index (χ0n) is 15.4. The largest absolute Gasteiger partial charge is 0.322 e. The molecule has 1 heterocycles. The van der Waals surface area contributed by atoms with Crippen LogP contribution in [0.25, 0.3) is 11.0 Å². The first-order valence-corrected chi connectivity index (χ1v) is 10.3. The molecule has 0 radical (unpaired) electrons. The molecule has 0 saturated carbocycles. The topological polar surface area (TPSA) is 101 Å². The molecule has 4 aromatic rings. The zero-order chi connectivity index (χ0) is 21.1. The summed E-state index contributed by atoms with van der Waals surface area (Å²) in [4.78, 5) is 20.6. The first-order valence-electron chi connectivity index (χ1n) is 8.83. The predicted octanol–water partition coefficient (Wildman–Crippen LogP) is 3.82. The van der Waals surface area contributed by atoms with E-state index in [9.17, 15) is 17.6 Å². The van der Waals surface area contributed by atoms with Gasteiger partial charge in [-0.3, -0.25) is 14.5 Å². The number of para-hydroxylation sites is 2. The monoisotopic (exact) mass is 422 g/mol. The lowest BCUT2D eigenvalue weighted by atomic mass is 10.2. The summed E-state index contributed by atoms with van der Waals surface area (Å²) in [5, 5.41) is 2.53. The maximum Gasteiger partial charge on any atom is 0.263 e. The molecular formula is C21H15FN4O3S. The Hall–Kier alpha value is -3.85. The molecule has 0 atom stereocenters. The van der Waals surface area contributed by atoms with Crippen LogP contribution in [0.2, 0.25) is 0 Å². The molecule has 1 amide bonds. The number of sulfonamides is 1. The summed E-state index contributed by atoms with van der Waals surface area (Å²) in [6.07, 6.45) is 1.34. The lowest BCUT2D eigenvalue weighted by molar-refractivity contribution is 0.102. The highest BCUT2D eigenvalue weighted by Crippen LogP contribution is 2.19. The van der Waals surface area contributed by atoms with E-state index in [0.29, 0.717) is 16.7 Å². The fourth-order valence-corrected chi connectivity index (χ4v) is 3.75. The number of rotatable bonds is 5. The van der Waals surface area contributed by atoms with Crippen molar-refractivity contribution in [2.75, 3.05) is 10.0 Å². The van der Waals surface area contributed by atoms with Crippen molar-refractivity contribution in [3.63, 3.8) is 0 Å². The second kappa shape index (κ2) is 7.88. The normalized spacial score (nSPS) is 11.2. The van der Waals surface area contributed by atoms with E-state index in [4.69, 9.17) is 0 Å². The van der Waals surface area contributed by atoms with Gasteiger partial charge in [0.25, 0.3) is 15.9 Å². The van der Waals surface area contributed by atoms with E-state index in [-0.39, 0.29) is 16.3 Å². The van der Waals surface area contributed by atoms with Crippen molar-refractivity contribution in [2.45, 2.75) is 4.90 Å². The van der Waals surface area contributed by atoms with Crippen molar-refractivity contribution in [1.29, 1.82) is 0 Å². The predicted molar refractivity (Wildman–Crippen MR) is 111 cm³/mol. The van der Waals surface area contributed by atoms with Gasteiger partial charge in [0.2, 0.25) is 0 Å². The van der Waals surface area contributed by atoms with Crippen molar-refractivity contribution >= 4 is 38.5 Å². The number of aromatic nitrogens is 2. The fraction of sp³-hybridized carbons (Fsp3) is 0.